The highest BCUT2D eigenvalue weighted by Gasteiger charge is 2.38. The number of ether oxygens (including phenoxy) is 1. The first-order valence-electron chi connectivity index (χ1n) is 9.62. The van der Waals surface area contributed by atoms with Crippen LogP contribution in [0.2, 0.25) is 0 Å². The van der Waals surface area contributed by atoms with Gasteiger partial charge in [0.2, 0.25) is 0 Å². The minimum absolute atomic E-state index is 0.266. The quantitative estimate of drug-likeness (QED) is 0.537. The fraction of sp³-hybridized carbons (Fsp3) is 0.273. The summed E-state index contributed by atoms with van der Waals surface area (Å²) in [4.78, 5) is 29.7. The molecule has 2 heterocycles. The van der Waals surface area contributed by atoms with Gasteiger partial charge in [0, 0.05) is 30.1 Å². The molecule has 0 saturated carbocycles. The second kappa shape index (κ2) is 7.97. The van der Waals surface area contributed by atoms with Gasteiger partial charge in [-0.05, 0) is 53.9 Å². The van der Waals surface area contributed by atoms with Crippen LogP contribution in [0.15, 0.2) is 48.7 Å². The Morgan fingerprint density at radius 3 is 2.59 bits per heavy atom. The minimum atomic E-state index is -0.540. The number of carbonyl (C=O) groups is 2. The molecule has 4 N–H and O–H groups in total. The van der Waals surface area contributed by atoms with E-state index in [9.17, 15) is 9.59 Å². The number of carbonyl (C=O) groups excluding carboxylic acids is 2. The molecule has 0 aliphatic carbocycles. The lowest BCUT2D eigenvalue weighted by Crippen LogP contribution is -2.36. The minimum Gasteiger partial charge on any atom is -0.497 e. The van der Waals surface area contributed by atoms with Crippen LogP contribution in [-0.4, -0.2) is 41.5 Å². The number of rotatable bonds is 7. The molecule has 2 aromatic carbocycles. The fourth-order valence-corrected chi connectivity index (χ4v) is 3.80. The number of imide groups is 1. The van der Waals surface area contributed by atoms with E-state index in [0.29, 0.717) is 19.5 Å². The predicted octanol–water partition coefficient (Wildman–Crippen LogP) is 2.34. The van der Waals surface area contributed by atoms with Crippen LogP contribution in [0.1, 0.15) is 16.7 Å². The highest BCUT2D eigenvalue weighted by molar-refractivity contribution is 6.04. The van der Waals surface area contributed by atoms with Crippen LogP contribution in [0, 0.1) is 0 Å². The van der Waals surface area contributed by atoms with Crippen molar-refractivity contribution in [1.82, 2.24) is 15.2 Å². The van der Waals surface area contributed by atoms with Gasteiger partial charge in [-0.15, -0.1) is 0 Å². The van der Waals surface area contributed by atoms with Gasteiger partial charge in [-0.2, -0.15) is 0 Å². The first kappa shape index (κ1) is 19.0. The number of hydrogen-bond acceptors (Lipinski definition) is 4. The van der Waals surface area contributed by atoms with E-state index in [1.807, 2.05) is 42.6 Å². The maximum Gasteiger partial charge on any atom is 0.325 e. The van der Waals surface area contributed by atoms with Gasteiger partial charge in [-0.3, -0.25) is 10.1 Å². The van der Waals surface area contributed by atoms with E-state index in [2.05, 4.69) is 16.4 Å². The van der Waals surface area contributed by atoms with Gasteiger partial charge in [0.25, 0.3) is 5.91 Å². The van der Waals surface area contributed by atoms with Crippen molar-refractivity contribution in [2.24, 2.45) is 5.73 Å². The Morgan fingerprint density at radius 1 is 1.10 bits per heavy atom. The first-order chi connectivity index (χ1) is 14.1. The predicted molar refractivity (Wildman–Crippen MR) is 111 cm³/mol. The van der Waals surface area contributed by atoms with Gasteiger partial charge in [0.05, 0.1) is 7.11 Å². The monoisotopic (exact) mass is 392 g/mol. The smallest absolute Gasteiger partial charge is 0.325 e. The molecular weight excluding hydrogens is 368 g/mol. The SMILES string of the molecule is COc1ccc(CC2C(=O)NC(=O)N2Cc2ccc3[nH]cc(CCN)c3c2)cc1. The molecule has 1 atom stereocenters. The highest BCUT2D eigenvalue weighted by Crippen LogP contribution is 2.24. The molecule has 1 aromatic heterocycles. The van der Waals surface area contributed by atoms with E-state index in [1.54, 1.807) is 12.0 Å². The Balaban J connectivity index is 1.56. The van der Waals surface area contributed by atoms with E-state index in [0.717, 1.165) is 39.8 Å². The van der Waals surface area contributed by atoms with Crippen LogP contribution in [0.5, 0.6) is 5.75 Å². The summed E-state index contributed by atoms with van der Waals surface area (Å²) in [6, 6.07) is 12.7. The zero-order valence-electron chi connectivity index (χ0n) is 16.3. The number of amides is 3. The molecule has 4 rings (SSSR count). The highest BCUT2D eigenvalue weighted by atomic mass is 16.5. The molecule has 1 fully saturated rings. The Labute approximate surface area is 168 Å². The molecule has 1 aliphatic heterocycles. The van der Waals surface area contributed by atoms with Crippen molar-refractivity contribution in [2.45, 2.75) is 25.4 Å². The van der Waals surface area contributed by atoms with Crippen molar-refractivity contribution >= 4 is 22.8 Å². The van der Waals surface area contributed by atoms with Gasteiger partial charge in [-0.25, -0.2) is 4.79 Å². The Bertz CT molecular complexity index is 1040. The molecule has 0 spiro atoms. The Hall–Kier alpha value is -3.32. The molecule has 1 unspecified atom stereocenters. The van der Waals surface area contributed by atoms with Gasteiger partial charge in [0.15, 0.2) is 0 Å². The molecule has 3 aromatic rings. The number of fused-ring (bicyclic) bond motifs is 1. The number of hydrogen-bond donors (Lipinski definition) is 3. The second-order valence-electron chi connectivity index (χ2n) is 7.22. The second-order valence-corrected chi connectivity index (χ2v) is 7.22. The molecule has 1 saturated heterocycles. The summed E-state index contributed by atoms with van der Waals surface area (Å²) in [6.45, 7) is 0.936. The zero-order valence-corrected chi connectivity index (χ0v) is 16.3. The van der Waals surface area contributed by atoms with E-state index in [4.69, 9.17) is 10.5 Å². The standard InChI is InChI=1S/C22H24N4O3/c1-29-17-5-2-14(3-6-17)11-20-21(27)25-22(28)26(20)13-15-4-7-19-18(10-15)16(8-9-23)12-24-19/h2-7,10,12,20,24H,8-9,11,13,23H2,1H3,(H,25,27,28). The topological polar surface area (TPSA) is 100 Å². The molecule has 0 bridgehead atoms. The lowest BCUT2D eigenvalue weighted by Gasteiger charge is -2.22. The number of methoxy groups -OCH3 is 1. The molecular formula is C22H24N4O3. The summed E-state index contributed by atoms with van der Waals surface area (Å²) in [5.41, 5.74) is 9.84. The van der Waals surface area contributed by atoms with Crippen molar-refractivity contribution in [3.8, 4) is 5.75 Å². The summed E-state index contributed by atoms with van der Waals surface area (Å²) in [7, 11) is 1.61. The Kier molecular flexibility index (Phi) is 5.22. The number of urea groups is 1. The molecule has 7 heteroatoms. The maximum atomic E-state index is 12.4. The molecule has 1 aliphatic rings. The van der Waals surface area contributed by atoms with Crippen molar-refractivity contribution in [3.05, 3.63) is 65.4 Å². The number of aromatic nitrogens is 1. The lowest BCUT2D eigenvalue weighted by atomic mass is 10.0. The van der Waals surface area contributed by atoms with Crippen LogP contribution in [0.4, 0.5) is 4.79 Å². The number of benzene rings is 2. The maximum absolute atomic E-state index is 12.4. The van der Waals surface area contributed by atoms with Gasteiger partial charge >= 0.3 is 6.03 Å². The van der Waals surface area contributed by atoms with Crippen molar-refractivity contribution in [2.75, 3.05) is 13.7 Å². The van der Waals surface area contributed by atoms with Crippen LogP contribution < -0.4 is 15.8 Å². The van der Waals surface area contributed by atoms with Gasteiger partial charge in [-0.1, -0.05) is 18.2 Å². The fourth-order valence-electron chi connectivity index (χ4n) is 3.80. The van der Waals surface area contributed by atoms with E-state index in [-0.39, 0.29) is 11.9 Å². The third kappa shape index (κ3) is 3.82. The number of aromatic amines is 1. The van der Waals surface area contributed by atoms with E-state index < -0.39 is 6.04 Å². The molecule has 150 valence electrons. The van der Waals surface area contributed by atoms with Crippen molar-refractivity contribution in [1.29, 1.82) is 0 Å². The van der Waals surface area contributed by atoms with Gasteiger partial charge in [0.1, 0.15) is 11.8 Å². The summed E-state index contributed by atoms with van der Waals surface area (Å²) in [5.74, 6) is 0.489. The van der Waals surface area contributed by atoms with Crippen LogP contribution >= 0.6 is 0 Å². The summed E-state index contributed by atoms with van der Waals surface area (Å²) >= 11 is 0. The number of H-pyrrole nitrogens is 1. The lowest BCUT2D eigenvalue weighted by molar-refractivity contribution is -0.121. The number of nitrogens with one attached hydrogen (secondary N) is 2. The van der Waals surface area contributed by atoms with Crippen LogP contribution in [0.25, 0.3) is 10.9 Å². The zero-order chi connectivity index (χ0) is 20.4. The third-order valence-corrected chi connectivity index (χ3v) is 5.36. The molecule has 29 heavy (non-hydrogen) atoms. The first-order valence-corrected chi connectivity index (χ1v) is 9.62. The number of nitrogens with zero attached hydrogens (tertiary/aromatic N) is 1. The van der Waals surface area contributed by atoms with Crippen molar-refractivity contribution < 1.29 is 14.3 Å². The summed E-state index contributed by atoms with van der Waals surface area (Å²) < 4.78 is 5.18. The Morgan fingerprint density at radius 2 is 1.86 bits per heavy atom. The third-order valence-electron chi connectivity index (χ3n) is 5.36. The average molecular weight is 392 g/mol. The van der Waals surface area contributed by atoms with Crippen molar-refractivity contribution in [3.63, 3.8) is 0 Å². The normalized spacial score (nSPS) is 16.5. The molecule has 7 nitrogen and oxygen atoms in total. The number of nitrogens with two attached hydrogens (primary N) is 1. The molecule has 3 amide bonds. The van der Waals surface area contributed by atoms with Gasteiger partial charge < -0.3 is 20.4 Å². The van der Waals surface area contributed by atoms with E-state index in [1.165, 1.54) is 0 Å². The summed E-state index contributed by atoms with van der Waals surface area (Å²) in [5, 5.41) is 3.55. The summed E-state index contributed by atoms with van der Waals surface area (Å²) in [6.07, 6.45) is 3.21. The largest absolute Gasteiger partial charge is 0.497 e. The van der Waals surface area contributed by atoms with E-state index >= 15 is 0 Å². The van der Waals surface area contributed by atoms with Crippen LogP contribution in [0.3, 0.4) is 0 Å². The molecule has 0 radical (unpaired) electrons. The average Bonchev–Trinajstić information content (AvgIpc) is 3.24. The van der Waals surface area contributed by atoms with Crippen LogP contribution in [-0.2, 0) is 24.2 Å².